The number of unbranched alkanes of at least 4 members (excludes halogenated alkanes) is 2. The highest BCUT2D eigenvalue weighted by atomic mass is 127. The van der Waals surface area contributed by atoms with Crippen molar-refractivity contribution in [1.82, 2.24) is 0 Å². The molecular weight excluding hydrogens is 327 g/mol. The Labute approximate surface area is 116 Å². The van der Waals surface area contributed by atoms with Crippen LogP contribution in [0.15, 0.2) is 24.3 Å². The minimum Gasteiger partial charge on any atom is -0.491 e. The second-order valence-electron chi connectivity index (χ2n) is 3.44. The van der Waals surface area contributed by atoms with Gasteiger partial charge in [-0.3, -0.25) is 0 Å². The highest BCUT2D eigenvalue weighted by molar-refractivity contribution is 14.1. The van der Waals surface area contributed by atoms with Gasteiger partial charge in [-0.2, -0.15) is 0 Å². The SMILES string of the molecule is O=CCCCC#CCCOc1ccccc1I. The third-order valence-electron chi connectivity index (χ3n) is 2.07. The van der Waals surface area contributed by atoms with Crippen molar-refractivity contribution < 1.29 is 9.53 Å². The van der Waals surface area contributed by atoms with Crippen molar-refractivity contribution in [2.24, 2.45) is 0 Å². The Balaban J connectivity index is 2.16. The fraction of sp³-hybridized carbons (Fsp3) is 0.357. The first-order valence-corrected chi connectivity index (χ1v) is 6.69. The summed E-state index contributed by atoms with van der Waals surface area (Å²) in [5.74, 6) is 6.98. The van der Waals surface area contributed by atoms with Crippen molar-refractivity contribution in [3.05, 3.63) is 27.8 Å². The Bertz CT molecular complexity index is 404. The Morgan fingerprint density at radius 1 is 1.24 bits per heavy atom. The summed E-state index contributed by atoms with van der Waals surface area (Å²) in [5.41, 5.74) is 0. The Hall–Kier alpha value is -1.02. The predicted molar refractivity (Wildman–Crippen MR) is 77.0 cm³/mol. The lowest BCUT2D eigenvalue weighted by Gasteiger charge is -2.05. The fourth-order valence-corrected chi connectivity index (χ4v) is 1.77. The van der Waals surface area contributed by atoms with Crippen molar-refractivity contribution in [1.29, 1.82) is 0 Å². The number of para-hydroxylation sites is 1. The van der Waals surface area contributed by atoms with Crippen molar-refractivity contribution in [2.45, 2.75) is 25.7 Å². The van der Waals surface area contributed by atoms with Crippen LogP contribution in [0.3, 0.4) is 0 Å². The average Bonchev–Trinajstić information content (AvgIpc) is 2.35. The van der Waals surface area contributed by atoms with E-state index >= 15 is 0 Å². The van der Waals surface area contributed by atoms with E-state index in [-0.39, 0.29) is 0 Å². The molecule has 0 N–H and O–H groups in total. The molecule has 1 rings (SSSR count). The minimum absolute atomic E-state index is 0.605. The first-order chi connectivity index (χ1) is 8.34. The van der Waals surface area contributed by atoms with Crippen LogP contribution in [0.1, 0.15) is 25.7 Å². The molecule has 0 saturated carbocycles. The molecule has 90 valence electrons. The molecule has 3 heteroatoms. The van der Waals surface area contributed by atoms with Gasteiger partial charge in [-0.25, -0.2) is 0 Å². The van der Waals surface area contributed by atoms with Gasteiger partial charge < -0.3 is 9.53 Å². The van der Waals surface area contributed by atoms with E-state index in [1.54, 1.807) is 0 Å². The standard InChI is InChI=1S/C14H15IO2/c15-13-9-5-6-10-14(13)17-12-8-4-2-1-3-7-11-16/h5-6,9-11H,1,3,7-8,12H2. The lowest BCUT2D eigenvalue weighted by Crippen LogP contribution is -1.97. The van der Waals surface area contributed by atoms with E-state index in [1.807, 2.05) is 24.3 Å². The summed E-state index contributed by atoms with van der Waals surface area (Å²) in [4.78, 5) is 10.1. The van der Waals surface area contributed by atoms with Gasteiger partial charge in [-0.15, -0.1) is 5.92 Å². The molecule has 0 radical (unpaired) electrons. The van der Waals surface area contributed by atoms with E-state index in [2.05, 4.69) is 34.4 Å². The first-order valence-electron chi connectivity index (χ1n) is 5.61. The molecule has 0 bridgehead atoms. The zero-order chi connectivity index (χ0) is 12.3. The highest BCUT2D eigenvalue weighted by Crippen LogP contribution is 2.19. The van der Waals surface area contributed by atoms with E-state index in [0.29, 0.717) is 13.0 Å². The molecular formula is C14H15IO2. The molecule has 1 aromatic carbocycles. The van der Waals surface area contributed by atoms with Crippen LogP contribution in [0.2, 0.25) is 0 Å². The number of carbonyl (C=O) groups excluding carboxylic acids is 1. The van der Waals surface area contributed by atoms with E-state index < -0.39 is 0 Å². The van der Waals surface area contributed by atoms with Crippen molar-refractivity contribution >= 4 is 28.9 Å². The number of hydrogen-bond donors (Lipinski definition) is 0. The first kappa shape index (κ1) is 14.0. The predicted octanol–water partition coefficient (Wildman–Crippen LogP) is 3.43. The van der Waals surface area contributed by atoms with Crippen molar-refractivity contribution in [3.8, 4) is 17.6 Å². The lowest BCUT2D eigenvalue weighted by molar-refractivity contribution is -0.107. The van der Waals surface area contributed by atoms with Crippen LogP contribution in [0.25, 0.3) is 0 Å². The van der Waals surface area contributed by atoms with Crippen molar-refractivity contribution in [3.63, 3.8) is 0 Å². The van der Waals surface area contributed by atoms with Crippen LogP contribution in [-0.2, 0) is 4.79 Å². The van der Waals surface area contributed by atoms with Gasteiger partial charge in [0, 0.05) is 19.3 Å². The normalized spacial score (nSPS) is 9.24. The molecule has 0 amide bonds. The summed E-state index contributed by atoms with van der Waals surface area (Å²) in [7, 11) is 0. The third-order valence-corrected chi connectivity index (χ3v) is 2.96. The molecule has 0 heterocycles. The monoisotopic (exact) mass is 342 g/mol. The van der Waals surface area contributed by atoms with Crippen molar-refractivity contribution in [2.75, 3.05) is 6.61 Å². The summed E-state index contributed by atoms with van der Waals surface area (Å²) in [6.45, 7) is 0.612. The molecule has 0 atom stereocenters. The Morgan fingerprint density at radius 2 is 2.00 bits per heavy atom. The Morgan fingerprint density at radius 3 is 2.76 bits per heavy atom. The topological polar surface area (TPSA) is 26.3 Å². The fourth-order valence-electron chi connectivity index (χ4n) is 1.22. The summed E-state index contributed by atoms with van der Waals surface area (Å²) in [6, 6.07) is 7.92. The molecule has 0 aliphatic carbocycles. The summed E-state index contributed by atoms with van der Waals surface area (Å²) in [6.07, 6.45) is 3.91. The number of ether oxygens (including phenoxy) is 1. The number of carbonyl (C=O) groups is 1. The minimum atomic E-state index is 0.605. The van der Waals surface area contributed by atoms with E-state index in [1.165, 1.54) is 0 Å². The molecule has 0 unspecified atom stereocenters. The second kappa shape index (κ2) is 9.06. The number of halogens is 1. The smallest absolute Gasteiger partial charge is 0.132 e. The highest BCUT2D eigenvalue weighted by Gasteiger charge is 1.96. The molecule has 2 nitrogen and oxygen atoms in total. The zero-order valence-electron chi connectivity index (χ0n) is 9.62. The van der Waals surface area contributed by atoms with Crippen LogP contribution >= 0.6 is 22.6 Å². The maximum Gasteiger partial charge on any atom is 0.132 e. The van der Waals surface area contributed by atoms with Gasteiger partial charge in [0.25, 0.3) is 0 Å². The average molecular weight is 342 g/mol. The molecule has 0 spiro atoms. The molecule has 0 fully saturated rings. The van der Waals surface area contributed by atoms with Crippen LogP contribution in [0.4, 0.5) is 0 Å². The van der Waals surface area contributed by atoms with Crippen LogP contribution in [-0.4, -0.2) is 12.9 Å². The van der Waals surface area contributed by atoms with Gasteiger partial charge in [0.05, 0.1) is 10.2 Å². The number of benzene rings is 1. The second-order valence-corrected chi connectivity index (χ2v) is 4.60. The maximum absolute atomic E-state index is 10.1. The van der Waals surface area contributed by atoms with Crippen LogP contribution < -0.4 is 4.74 Å². The van der Waals surface area contributed by atoms with Crippen LogP contribution in [0.5, 0.6) is 5.75 Å². The number of rotatable bonds is 6. The third kappa shape index (κ3) is 6.32. The summed E-state index contributed by atoms with van der Waals surface area (Å²) in [5, 5.41) is 0. The van der Waals surface area contributed by atoms with Gasteiger partial charge in [0.2, 0.25) is 0 Å². The molecule has 1 aromatic rings. The molecule has 0 aromatic heterocycles. The molecule has 0 saturated heterocycles. The number of aldehydes is 1. The largest absolute Gasteiger partial charge is 0.491 e. The number of hydrogen-bond acceptors (Lipinski definition) is 2. The van der Waals surface area contributed by atoms with Gasteiger partial charge in [0.15, 0.2) is 0 Å². The van der Waals surface area contributed by atoms with E-state index in [9.17, 15) is 4.79 Å². The zero-order valence-corrected chi connectivity index (χ0v) is 11.8. The van der Waals surface area contributed by atoms with Gasteiger partial charge >= 0.3 is 0 Å². The molecule has 0 aliphatic heterocycles. The maximum atomic E-state index is 10.1. The van der Waals surface area contributed by atoms with E-state index in [4.69, 9.17) is 4.74 Å². The molecule has 17 heavy (non-hydrogen) atoms. The molecule has 0 aliphatic rings. The van der Waals surface area contributed by atoms with Gasteiger partial charge in [-0.1, -0.05) is 18.1 Å². The van der Waals surface area contributed by atoms with E-state index in [0.717, 1.165) is 34.9 Å². The van der Waals surface area contributed by atoms with Gasteiger partial charge in [0.1, 0.15) is 12.0 Å². The lowest BCUT2D eigenvalue weighted by atomic mass is 10.2. The summed E-state index contributed by atoms with van der Waals surface area (Å²) < 4.78 is 6.71. The summed E-state index contributed by atoms with van der Waals surface area (Å²) >= 11 is 2.25. The van der Waals surface area contributed by atoms with Gasteiger partial charge in [-0.05, 0) is 41.1 Å². The Kier molecular flexibility index (Phi) is 7.48. The van der Waals surface area contributed by atoms with Crippen LogP contribution in [0, 0.1) is 15.4 Å². The quantitative estimate of drug-likeness (QED) is 0.343.